The van der Waals surface area contributed by atoms with Gasteiger partial charge in [0, 0.05) is 44.2 Å². The van der Waals surface area contributed by atoms with E-state index in [1.807, 2.05) is 12.1 Å². The van der Waals surface area contributed by atoms with Gasteiger partial charge in [0.05, 0.1) is 13.2 Å². The van der Waals surface area contributed by atoms with Crippen LogP contribution in [0.15, 0.2) is 24.3 Å². The number of nitrogens with one attached hydrogen (secondary N) is 3. The highest BCUT2D eigenvalue weighted by Gasteiger charge is 2.43. The molecule has 1 aromatic rings. The molecule has 1 aliphatic carbocycles. The van der Waals surface area contributed by atoms with Crippen molar-refractivity contribution in [3.05, 3.63) is 29.8 Å². The fourth-order valence-corrected chi connectivity index (χ4v) is 4.22. The van der Waals surface area contributed by atoms with E-state index in [1.165, 1.54) is 5.56 Å². The second kappa shape index (κ2) is 8.49. The van der Waals surface area contributed by atoms with E-state index in [1.54, 1.807) is 7.11 Å². The van der Waals surface area contributed by atoms with Crippen LogP contribution in [0.1, 0.15) is 37.7 Å². The topological polar surface area (TPSA) is 82.7 Å². The van der Waals surface area contributed by atoms with Gasteiger partial charge in [0.1, 0.15) is 5.75 Å². The second-order valence-corrected chi connectivity index (χ2v) is 8.15. The van der Waals surface area contributed by atoms with E-state index in [0.717, 1.165) is 44.5 Å². The highest BCUT2D eigenvalue weighted by atomic mass is 16.5. The molecule has 4 rings (SSSR count). The van der Waals surface area contributed by atoms with Crippen molar-refractivity contribution in [2.45, 2.75) is 62.8 Å². The molecule has 2 heterocycles. The molecule has 0 aromatic heterocycles. The Labute approximate surface area is 166 Å². The Bertz CT molecular complexity index is 704. The number of hydrogen-bond acceptors (Lipinski definition) is 5. The molecule has 2 amide bonds. The lowest BCUT2D eigenvalue weighted by Gasteiger charge is -2.37. The first kappa shape index (κ1) is 19.2. The summed E-state index contributed by atoms with van der Waals surface area (Å²) >= 11 is 0. The Morgan fingerprint density at radius 2 is 2.04 bits per heavy atom. The smallest absolute Gasteiger partial charge is 0.237 e. The van der Waals surface area contributed by atoms with Gasteiger partial charge in [-0.3, -0.25) is 14.5 Å². The number of methoxy groups -OCH3 is 1. The lowest BCUT2D eigenvalue weighted by atomic mass is 10.0. The molecule has 0 spiro atoms. The molecule has 3 aliphatic rings. The van der Waals surface area contributed by atoms with Gasteiger partial charge < -0.3 is 20.7 Å². The van der Waals surface area contributed by atoms with Crippen LogP contribution < -0.4 is 20.7 Å². The number of amides is 2. The zero-order valence-electron chi connectivity index (χ0n) is 16.4. The van der Waals surface area contributed by atoms with Gasteiger partial charge in [0.2, 0.25) is 11.8 Å². The number of carbonyl (C=O) groups is 2. The van der Waals surface area contributed by atoms with E-state index in [-0.39, 0.29) is 29.9 Å². The summed E-state index contributed by atoms with van der Waals surface area (Å²) in [5.41, 5.74) is 1.20. The molecular formula is C21H30N4O3. The van der Waals surface area contributed by atoms with Crippen molar-refractivity contribution >= 4 is 11.8 Å². The number of nitrogens with zero attached hydrogens (tertiary/aromatic N) is 1. The first-order valence-corrected chi connectivity index (χ1v) is 10.3. The summed E-state index contributed by atoms with van der Waals surface area (Å²) in [6.45, 7) is 2.26. The molecule has 3 atom stereocenters. The van der Waals surface area contributed by atoms with Crippen molar-refractivity contribution in [2.24, 2.45) is 0 Å². The molecule has 1 saturated carbocycles. The van der Waals surface area contributed by atoms with E-state index in [4.69, 9.17) is 4.74 Å². The van der Waals surface area contributed by atoms with Crippen LogP contribution in [0.5, 0.6) is 5.75 Å². The van der Waals surface area contributed by atoms with Gasteiger partial charge in [-0.05, 0) is 43.4 Å². The predicted molar refractivity (Wildman–Crippen MR) is 106 cm³/mol. The van der Waals surface area contributed by atoms with Crippen molar-refractivity contribution < 1.29 is 14.3 Å². The molecule has 2 saturated heterocycles. The molecule has 152 valence electrons. The fraction of sp³-hybridized carbons (Fsp3) is 0.619. The van der Waals surface area contributed by atoms with Gasteiger partial charge >= 0.3 is 0 Å². The van der Waals surface area contributed by atoms with Gasteiger partial charge in [-0.15, -0.1) is 0 Å². The molecule has 7 heteroatoms. The van der Waals surface area contributed by atoms with Crippen molar-refractivity contribution in [3.8, 4) is 5.75 Å². The molecule has 28 heavy (non-hydrogen) atoms. The Kier molecular flexibility index (Phi) is 5.82. The third-order valence-corrected chi connectivity index (χ3v) is 6.02. The Morgan fingerprint density at radius 3 is 2.75 bits per heavy atom. The third kappa shape index (κ3) is 4.64. The largest absolute Gasteiger partial charge is 0.497 e. The molecule has 3 unspecified atom stereocenters. The van der Waals surface area contributed by atoms with Crippen molar-refractivity contribution in [2.75, 3.05) is 20.2 Å². The van der Waals surface area contributed by atoms with Crippen LogP contribution in [0.4, 0.5) is 0 Å². The molecule has 3 fully saturated rings. The summed E-state index contributed by atoms with van der Waals surface area (Å²) in [6.07, 6.45) is 4.36. The van der Waals surface area contributed by atoms with Crippen molar-refractivity contribution in [1.29, 1.82) is 0 Å². The summed E-state index contributed by atoms with van der Waals surface area (Å²) in [5.74, 6) is 1.11. The number of piperazine rings is 1. The maximum atomic E-state index is 12.3. The number of rotatable bonds is 8. The Balaban J connectivity index is 1.28. The molecule has 7 nitrogen and oxygen atoms in total. The average Bonchev–Trinajstić information content (AvgIpc) is 3.41. The van der Waals surface area contributed by atoms with Crippen molar-refractivity contribution in [1.82, 2.24) is 20.9 Å². The minimum Gasteiger partial charge on any atom is -0.497 e. The van der Waals surface area contributed by atoms with Crippen LogP contribution in [-0.2, 0) is 16.1 Å². The van der Waals surface area contributed by atoms with Crippen LogP contribution in [0.3, 0.4) is 0 Å². The van der Waals surface area contributed by atoms with E-state index in [0.29, 0.717) is 19.0 Å². The van der Waals surface area contributed by atoms with E-state index in [9.17, 15) is 9.59 Å². The summed E-state index contributed by atoms with van der Waals surface area (Å²) < 4.78 is 5.20. The minimum atomic E-state index is -0.0846. The van der Waals surface area contributed by atoms with Crippen LogP contribution in [-0.4, -0.2) is 61.1 Å². The monoisotopic (exact) mass is 386 g/mol. The van der Waals surface area contributed by atoms with Crippen LogP contribution >= 0.6 is 0 Å². The quantitative estimate of drug-likeness (QED) is 0.615. The SMILES string of the molecule is COc1ccc(CNC2CC3C(=O)NCC(CCC(=O)NC4CC4)N3C2)cc1. The maximum Gasteiger partial charge on any atom is 0.237 e. The molecule has 3 N–H and O–H groups in total. The highest BCUT2D eigenvalue weighted by molar-refractivity contribution is 5.83. The van der Waals surface area contributed by atoms with E-state index in [2.05, 4.69) is 33.0 Å². The first-order valence-electron chi connectivity index (χ1n) is 10.3. The Hall–Kier alpha value is -2.12. The molecule has 2 aliphatic heterocycles. The zero-order valence-corrected chi connectivity index (χ0v) is 16.4. The molecule has 0 bridgehead atoms. The van der Waals surface area contributed by atoms with Gasteiger partial charge in [0.25, 0.3) is 0 Å². The van der Waals surface area contributed by atoms with Gasteiger partial charge in [-0.2, -0.15) is 0 Å². The number of carbonyl (C=O) groups excluding carboxylic acids is 2. The second-order valence-electron chi connectivity index (χ2n) is 8.15. The number of fused-ring (bicyclic) bond motifs is 1. The van der Waals surface area contributed by atoms with Crippen LogP contribution in [0.25, 0.3) is 0 Å². The average molecular weight is 386 g/mol. The lowest BCUT2D eigenvalue weighted by molar-refractivity contribution is -0.129. The predicted octanol–water partition coefficient (Wildman–Crippen LogP) is 0.785. The lowest BCUT2D eigenvalue weighted by Crippen LogP contribution is -2.58. The third-order valence-electron chi connectivity index (χ3n) is 6.02. The van der Waals surface area contributed by atoms with Crippen molar-refractivity contribution in [3.63, 3.8) is 0 Å². The highest BCUT2D eigenvalue weighted by Crippen LogP contribution is 2.26. The summed E-state index contributed by atoms with van der Waals surface area (Å²) in [6, 6.07) is 8.88. The van der Waals surface area contributed by atoms with Crippen LogP contribution in [0.2, 0.25) is 0 Å². The van der Waals surface area contributed by atoms with E-state index >= 15 is 0 Å². The Morgan fingerprint density at radius 1 is 1.25 bits per heavy atom. The van der Waals surface area contributed by atoms with Gasteiger partial charge in [0.15, 0.2) is 0 Å². The minimum absolute atomic E-state index is 0.0846. The first-order chi connectivity index (χ1) is 13.6. The normalized spacial score (nSPS) is 27.2. The number of ether oxygens (including phenoxy) is 1. The summed E-state index contributed by atoms with van der Waals surface area (Å²) in [7, 11) is 1.67. The fourth-order valence-electron chi connectivity index (χ4n) is 4.22. The molecule has 0 radical (unpaired) electrons. The zero-order chi connectivity index (χ0) is 19.5. The summed E-state index contributed by atoms with van der Waals surface area (Å²) in [5, 5.41) is 9.67. The molecular weight excluding hydrogens is 356 g/mol. The summed E-state index contributed by atoms with van der Waals surface area (Å²) in [4.78, 5) is 26.7. The van der Waals surface area contributed by atoms with E-state index < -0.39 is 0 Å². The number of benzene rings is 1. The van der Waals surface area contributed by atoms with Gasteiger partial charge in [-0.1, -0.05) is 12.1 Å². The maximum absolute atomic E-state index is 12.3. The molecule has 1 aromatic carbocycles. The number of hydrogen-bond donors (Lipinski definition) is 3. The van der Waals surface area contributed by atoms with Crippen LogP contribution in [0, 0.1) is 0 Å². The van der Waals surface area contributed by atoms with Gasteiger partial charge in [-0.25, -0.2) is 0 Å². The standard InChI is InChI=1S/C21H30N4O3/c1-28-18-7-2-14(3-8-18)11-22-16-10-19-21(27)23-12-17(25(19)13-16)6-9-20(26)24-15-4-5-15/h2-3,7-8,15-17,19,22H,4-6,9-13H2,1H3,(H,23,27)(H,24,26).